The molecular weight excluding hydrogens is 268 g/mol. The lowest BCUT2D eigenvalue weighted by atomic mass is 9.92. The fraction of sp³-hybridized carbons (Fsp3) is 0.600. The topological polar surface area (TPSA) is 42.7 Å². The van der Waals surface area contributed by atoms with Gasteiger partial charge in [-0.1, -0.05) is 0 Å². The minimum Gasteiger partial charge on any atom is -0.300 e. The number of nitrogens with zero attached hydrogens (tertiary/aromatic N) is 3. The average Bonchev–Trinajstić information content (AvgIpc) is 3.05. The van der Waals surface area contributed by atoms with Gasteiger partial charge in [-0.3, -0.25) is 0 Å². The molecule has 2 aromatic rings. The summed E-state index contributed by atoms with van der Waals surface area (Å²) in [5.74, 6) is 2.03. The summed E-state index contributed by atoms with van der Waals surface area (Å²) in [6, 6.07) is 3.16. The molecule has 4 nitrogen and oxygen atoms in total. The van der Waals surface area contributed by atoms with Crippen LogP contribution in [0.3, 0.4) is 0 Å². The van der Waals surface area contributed by atoms with Crippen molar-refractivity contribution in [3.63, 3.8) is 0 Å². The molecule has 1 aliphatic carbocycles. The predicted molar refractivity (Wildman–Crippen MR) is 79.9 cm³/mol. The first-order valence-electron chi connectivity index (χ1n) is 7.55. The van der Waals surface area contributed by atoms with Gasteiger partial charge in [0.15, 0.2) is 0 Å². The number of hydrogen-bond acceptors (Lipinski definition) is 4. The fourth-order valence-electron chi connectivity index (χ4n) is 3.53. The van der Waals surface area contributed by atoms with Gasteiger partial charge in [-0.05, 0) is 56.0 Å². The molecule has 2 atom stereocenters. The van der Waals surface area contributed by atoms with Gasteiger partial charge in [0.05, 0.1) is 6.04 Å². The van der Waals surface area contributed by atoms with Gasteiger partial charge in [0.2, 0.25) is 0 Å². The molecule has 0 aromatic carbocycles. The van der Waals surface area contributed by atoms with Crippen LogP contribution in [-0.2, 0) is 13.0 Å². The van der Waals surface area contributed by atoms with E-state index in [1.165, 1.54) is 37.7 Å². The summed E-state index contributed by atoms with van der Waals surface area (Å²) >= 11 is 1.91. The van der Waals surface area contributed by atoms with Crippen LogP contribution < -0.4 is 5.32 Å². The van der Waals surface area contributed by atoms with Gasteiger partial charge in [-0.15, -0.1) is 11.3 Å². The summed E-state index contributed by atoms with van der Waals surface area (Å²) in [4.78, 5) is 6.21. The summed E-state index contributed by atoms with van der Waals surface area (Å²) in [6.07, 6.45) is 6.16. The molecule has 106 valence electrons. The van der Waals surface area contributed by atoms with Gasteiger partial charge < -0.3 is 5.32 Å². The van der Waals surface area contributed by atoms with Crippen LogP contribution in [0, 0.1) is 6.92 Å². The highest BCUT2D eigenvalue weighted by atomic mass is 32.1. The standard InChI is InChI=1S/C15H20N4S/c1-10-16-15-13(5-3-8-19(15)18-10)17-12-4-2-6-14-11(12)7-9-20-14/h7,9,12-13,17H,2-6,8H2,1H3. The molecule has 0 bridgehead atoms. The number of nitrogens with one attached hydrogen (secondary N) is 1. The van der Waals surface area contributed by atoms with Gasteiger partial charge in [0.1, 0.15) is 11.6 Å². The number of fused-ring (bicyclic) bond motifs is 2. The zero-order valence-electron chi connectivity index (χ0n) is 11.8. The third-order valence-corrected chi connectivity index (χ3v) is 5.43. The molecular formula is C15H20N4S. The molecule has 4 rings (SSSR count). The SMILES string of the molecule is Cc1nc2n(n1)CCCC2NC1CCCc2sccc21. The Balaban J connectivity index is 1.59. The van der Waals surface area contributed by atoms with Crippen molar-refractivity contribution in [3.8, 4) is 0 Å². The molecule has 20 heavy (non-hydrogen) atoms. The normalized spacial score (nSPS) is 25.2. The Bertz CT molecular complexity index is 615. The van der Waals surface area contributed by atoms with Crippen LogP contribution in [0.2, 0.25) is 0 Å². The zero-order valence-corrected chi connectivity index (χ0v) is 12.6. The maximum atomic E-state index is 4.63. The summed E-state index contributed by atoms with van der Waals surface area (Å²) in [5.41, 5.74) is 1.52. The molecule has 2 aromatic heterocycles. The van der Waals surface area contributed by atoms with E-state index in [0.717, 1.165) is 18.2 Å². The number of rotatable bonds is 2. The second-order valence-corrected chi connectivity index (χ2v) is 6.85. The highest BCUT2D eigenvalue weighted by Gasteiger charge is 2.28. The Morgan fingerprint density at radius 1 is 1.30 bits per heavy atom. The number of thiophene rings is 1. The molecule has 1 aliphatic heterocycles. The van der Waals surface area contributed by atoms with Gasteiger partial charge in [0.25, 0.3) is 0 Å². The molecule has 0 saturated carbocycles. The van der Waals surface area contributed by atoms with Crippen molar-refractivity contribution in [1.29, 1.82) is 0 Å². The molecule has 0 spiro atoms. The highest BCUT2D eigenvalue weighted by molar-refractivity contribution is 7.10. The van der Waals surface area contributed by atoms with Crippen LogP contribution in [0.4, 0.5) is 0 Å². The third-order valence-electron chi connectivity index (χ3n) is 4.43. The van der Waals surface area contributed by atoms with Gasteiger partial charge in [-0.2, -0.15) is 5.10 Å². The first kappa shape index (κ1) is 12.5. The van der Waals surface area contributed by atoms with E-state index >= 15 is 0 Å². The summed E-state index contributed by atoms with van der Waals surface area (Å²) in [6.45, 7) is 3.00. The molecule has 0 amide bonds. The monoisotopic (exact) mass is 288 g/mol. The van der Waals surface area contributed by atoms with E-state index in [0.29, 0.717) is 12.1 Å². The number of hydrogen-bond donors (Lipinski definition) is 1. The van der Waals surface area contributed by atoms with Crippen LogP contribution in [0.1, 0.15) is 59.9 Å². The summed E-state index contributed by atoms with van der Waals surface area (Å²) in [5, 5.41) is 10.6. The smallest absolute Gasteiger partial charge is 0.147 e. The lowest BCUT2D eigenvalue weighted by Crippen LogP contribution is -2.33. The van der Waals surface area contributed by atoms with Crippen LogP contribution in [0.5, 0.6) is 0 Å². The Hall–Kier alpha value is -1.20. The first-order chi connectivity index (χ1) is 9.81. The first-order valence-corrected chi connectivity index (χ1v) is 8.43. The van der Waals surface area contributed by atoms with Crippen LogP contribution in [-0.4, -0.2) is 14.8 Å². The maximum absolute atomic E-state index is 4.63. The zero-order chi connectivity index (χ0) is 13.5. The molecule has 0 fully saturated rings. The third kappa shape index (κ3) is 2.09. The largest absolute Gasteiger partial charge is 0.300 e. The quantitative estimate of drug-likeness (QED) is 0.923. The van der Waals surface area contributed by atoms with E-state index in [-0.39, 0.29) is 0 Å². The maximum Gasteiger partial charge on any atom is 0.147 e. The van der Waals surface area contributed by atoms with Crippen molar-refractivity contribution < 1.29 is 0 Å². The molecule has 5 heteroatoms. The Kier molecular flexibility index (Phi) is 3.11. The van der Waals surface area contributed by atoms with Crippen molar-refractivity contribution in [1.82, 2.24) is 20.1 Å². The Morgan fingerprint density at radius 2 is 2.20 bits per heavy atom. The van der Waals surface area contributed by atoms with Crippen molar-refractivity contribution >= 4 is 11.3 Å². The van der Waals surface area contributed by atoms with Crippen molar-refractivity contribution in [2.75, 3.05) is 0 Å². The predicted octanol–water partition coefficient (Wildman–Crippen LogP) is 3.15. The Labute approximate surface area is 123 Å². The van der Waals surface area contributed by atoms with Crippen LogP contribution in [0.25, 0.3) is 0 Å². The molecule has 1 N–H and O–H groups in total. The fourth-order valence-corrected chi connectivity index (χ4v) is 4.52. The lowest BCUT2D eigenvalue weighted by Gasteiger charge is -2.30. The van der Waals surface area contributed by atoms with E-state index in [4.69, 9.17) is 0 Å². The van der Waals surface area contributed by atoms with Crippen molar-refractivity contribution in [3.05, 3.63) is 33.5 Å². The van der Waals surface area contributed by atoms with Crippen LogP contribution >= 0.6 is 11.3 Å². The van der Waals surface area contributed by atoms with E-state index < -0.39 is 0 Å². The van der Waals surface area contributed by atoms with Crippen molar-refractivity contribution in [2.45, 2.75) is 57.7 Å². The number of aromatic nitrogens is 3. The average molecular weight is 288 g/mol. The minimum atomic E-state index is 0.362. The van der Waals surface area contributed by atoms with Gasteiger partial charge >= 0.3 is 0 Å². The van der Waals surface area contributed by atoms with E-state index in [1.54, 1.807) is 4.88 Å². The van der Waals surface area contributed by atoms with Crippen LogP contribution in [0.15, 0.2) is 11.4 Å². The molecule has 0 saturated heterocycles. The van der Waals surface area contributed by atoms with E-state index in [1.807, 2.05) is 18.3 Å². The Morgan fingerprint density at radius 3 is 3.15 bits per heavy atom. The summed E-state index contributed by atoms with van der Waals surface area (Å²) in [7, 11) is 0. The van der Waals surface area contributed by atoms with Gasteiger partial charge in [0, 0.05) is 17.5 Å². The van der Waals surface area contributed by atoms with E-state index in [2.05, 4.69) is 31.5 Å². The lowest BCUT2D eigenvalue weighted by molar-refractivity contribution is 0.321. The molecule has 3 heterocycles. The molecule has 0 radical (unpaired) electrons. The summed E-state index contributed by atoms with van der Waals surface area (Å²) < 4.78 is 2.09. The number of aryl methyl sites for hydroxylation is 3. The minimum absolute atomic E-state index is 0.362. The second-order valence-electron chi connectivity index (χ2n) is 5.85. The molecule has 2 aliphatic rings. The van der Waals surface area contributed by atoms with Crippen molar-refractivity contribution in [2.24, 2.45) is 0 Å². The second kappa shape index (κ2) is 4.97. The van der Waals surface area contributed by atoms with E-state index in [9.17, 15) is 0 Å². The highest BCUT2D eigenvalue weighted by Crippen LogP contribution is 2.36. The molecule has 2 unspecified atom stereocenters. The van der Waals surface area contributed by atoms with Gasteiger partial charge in [-0.25, -0.2) is 9.67 Å².